The number of carbonyl (C=O) groups excluding carboxylic acids is 3. The van der Waals surface area contributed by atoms with Crippen molar-refractivity contribution in [2.45, 2.75) is 6.92 Å². The number of amidine groups is 1. The van der Waals surface area contributed by atoms with Gasteiger partial charge in [-0.15, -0.1) is 0 Å². The van der Waals surface area contributed by atoms with Crippen LogP contribution < -0.4 is 5.73 Å². The van der Waals surface area contributed by atoms with Crippen molar-refractivity contribution in [1.82, 2.24) is 14.8 Å². The molecule has 1 aromatic carbocycles. The van der Waals surface area contributed by atoms with Crippen molar-refractivity contribution in [2.24, 2.45) is 10.9 Å². The summed E-state index contributed by atoms with van der Waals surface area (Å²) in [5.41, 5.74) is 5.80. The highest BCUT2D eigenvalue weighted by Gasteiger charge is 2.30. The number of H-pyrrole nitrogens is 1. The number of nitrogens with one attached hydrogen (secondary N) is 1. The van der Waals surface area contributed by atoms with Gasteiger partial charge in [-0.25, -0.2) is 4.39 Å². The molecule has 2 amide bonds. The minimum atomic E-state index is -0.868. The van der Waals surface area contributed by atoms with Gasteiger partial charge in [0.2, 0.25) is 5.91 Å². The summed E-state index contributed by atoms with van der Waals surface area (Å²) in [6.07, 6.45) is 1.23. The highest BCUT2D eigenvalue weighted by atomic mass is 19.1. The average molecular weight is 375 g/mol. The Bertz CT molecular complexity index is 960. The fraction of sp³-hybridized carbons (Fsp3) is 0.294. The Morgan fingerprint density at radius 2 is 1.78 bits per heavy atom. The molecule has 1 aliphatic heterocycles. The minimum Gasteiger partial charge on any atom is -0.409 e. The van der Waals surface area contributed by atoms with Gasteiger partial charge in [-0.05, 0) is 12.1 Å². The van der Waals surface area contributed by atoms with Gasteiger partial charge in [-0.3, -0.25) is 14.4 Å². The number of halogens is 1. The summed E-state index contributed by atoms with van der Waals surface area (Å²) >= 11 is 0. The third-order valence-electron chi connectivity index (χ3n) is 4.62. The molecular weight excluding hydrogens is 357 g/mol. The Morgan fingerprint density at radius 3 is 2.37 bits per heavy atom. The molecule has 4 N–H and O–H groups in total. The number of rotatable bonds is 3. The number of amides is 2. The first-order valence-corrected chi connectivity index (χ1v) is 8.21. The van der Waals surface area contributed by atoms with Crippen LogP contribution in [0, 0.1) is 5.82 Å². The number of nitrogens with zero attached hydrogens (tertiary/aromatic N) is 3. The number of aromatic amines is 1. The Hall–Kier alpha value is -3.43. The van der Waals surface area contributed by atoms with Crippen LogP contribution in [0.25, 0.3) is 10.9 Å². The van der Waals surface area contributed by atoms with E-state index >= 15 is 0 Å². The Morgan fingerprint density at radius 1 is 1.15 bits per heavy atom. The second kappa shape index (κ2) is 7.06. The van der Waals surface area contributed by atoms with E-state index in [0.717, 1.165) is 6.07 Å². The van der Waals surface area contributed by atoms with E-state index in [0.29, 0.717) is 13.1 Å². The van der Waals surface area contributed by atoms with Gasteiger partial charge in [0.05, 0.1) is 11.1 Å². The topological polar surface area (TPSA) is 132 Å². The molecule has 0 bridgehead atoms. The lowest BCUT2D eigenvalue weighted by Crippen LogP contribution is -2.51. The maximum absolute atomic E-state index is 14.3. The predicted octanol–water partition coefficient (Wildman–Crippen LogP) is 0.275. The fourth-order valence-corrected chi connectivity index (χ4v) is 3.14. The number of hydrogen-bond donors (Lipinski definition) is 3. The van der Waals surface area contributed by atoms with Gasteiger partial charge in [0.1, 0.15) is 5.82 Å². The van der Waals surface area contributed by atoms with Crippen LogP contribution in [0.15, 0.2) is 23.5 Å². The molecule has 27 heavy (non-hydrogen) atoms. The molecule has 10 heteroatoms. The van der Waals surface area contributed by atoms with E-state index in [1.54, 1.807) is 4.90 Å². The van der Waals surface area contributed by atoms with E-state index in [4.69, 9.17) is 10.9 Å². The normalized spacial score (nSPS) is 15.3. The maximum Gasteiger partial charge on any atom is 0.295 e. The summed E-state index contributed by atoms with van der Waals surface area (Å²) in [6.45, 7) is 2.57. The molecule has 1 saturated heterocycles. The van der Waals surface area contributed by atoms with Crippen LogP contribution in [0.5, 0.6) is 0 Å². The molecular formula is C17H18FN5O4. The Balaban J connectivity index is 1.90. The lowest BCUT2D eigenvalue weighted by Gasteiger charge is -2.33. The summed E-state index contributed by atoms with van der Waals surface area (Å²) in [4.78, 5) is 42.2. The van der Waals surface area contributed by atoms with E-state index in [1.165, 1.54) is 24.1 Å². The number of nitrogens with two attached hydrogens (primary N) is 1. The number of hydrogen-bond acceptors (Lipinski definition) is 5. The van der Waals surface area contributed by atoms with Crippen molar-refractivity contribution in [3.05, 3.63) is 35.3 Å². The molecule has 2 aromatic rings. The van der Waals surface area contributed by atoms with Crippen molar-refractivity contribution in [2.75, 3.05) is 26.2 Å². The SMILES string of the molecule is CC(=O)N1CCN(C(=O)C(=O)c2c[nH]c3c(/C(N)=N/O)ccc(F)c23)CC1. The smallest absolute Gasteiger partial charge is 0.295 e. The standard InChI is InChI=1S/C17H18FN5O4/c1-9(24)22-4-6-23(7-5-22)17(26)15(25)11-8-20-14-10(16(19)21-27)2-3-12(18)13(11)14/h2-3,8,20,27H,4-7H2,1H3,(H2,19,21). The molecule has 9 nitrogen and oxygen atoms in total. The summed E-state index contributed by atoms with van der Waals surface area (Å²) in [5, 5.41) is 11.6. The van der Waals surface area contributed by atoms with E-state index in [-0.39, 0.29) is 46.9 Å². The summed E-state index contributed by atoms with van der Waals surface area (Å²) < 4.78 is 14.3. The van der Waals surface area contributed by atoms with Crippen molar-refractivity contribution in [3.63, 3.8) is 0 Å². The quantitative estimate of drug-likeness (QED) is 0.177. The van der Waals surface area contributed by atoms with Gasteiger partial charge >= 0.3 is 0 Å². The molecule has 0 spiro atoms. The number of aromatic nitrogens is 1. The zero-order valence-electron chi connectivity index (χ0n) is 14.5. The zero-order chi connectivity index (χ0) is 19.7. The maximum atomic E-state index is 14.3. The molecule has 1 aliphatic rings. The first-order valence-electron chi connectivity index (χ1n) is 8.21. The van der Waals surface area contributed by atoms with Crippen LogP contribution in [0.4, 0.5) is 4.39 Å². The van der Waals surface area contributed by atoms with Gasteiger partial charge in [-0.1, -0.05) is 5.16 Å². The molecule has 0 atom stereocenters. The van der Waals surface area contributed by atoms with Crippen LogP contribution in [0.1, 0.15) is 22.8 Å². The van der Waals surface area contributed by atoms with Crippen LogP contribution in [-0.2, 0) is 9.59 Å². The predicted molar refractivity (Wildman–Crippen MR) is 93.9 cm³/mol. The molecule has 0 unspecified atom stereocenters. The number of ketones is 1. The van der Waals surface area contributed by atoms with Crippen LogP contribution in [0.2, 0.25) is 0 Å². The van der Waals surface area contributed by atoms with Crippen LogP contribution in [0.3, 0.4) is 0 Å². The van der Waals surface area contributed by atoms with Gasteiger partial charge in [0.25, 0.3) is 11.7 Å². The van der Waals surface area contributed by atoms with E-state index in [9.17, 15) is 18.8 Å². The molecule has 1 fully saturated rings. The lowest BCUT2D eigenvalue weighted by molar-refractivity contribution is -0.135. The molecule has 0 radical (unpaired) electrons. The number of benzene rings is 1. The molecule has 2 heterocycles. The summed E-state index contributed by atoms with van der Waals surface area (Å²) in [7, 11) is 0. The molecule has 0 saturated carbocycles. The molecule has 0 aliphatic carbocycles. The van der Waals surface area contributed by atoms with E-state index in [2.05, 4.69) is 10.1 Å². The summed E-state index contributed by atoms with van der Waals surface area (Å²) in [6, 6.07) is 2.39. The minimum absolute atomic E-state index is 0.0946. The first-order chi connectivity index (χ1) is 12.8. The van der Waals surface area contributed by atoms with Crippen molar-refractivity contribution < 1.29 is 24.0 Å². The van der Waals surface area contributed by atoms with E-state index in [1.807, 2.05) is 0 Å². The third-order valence-corrected chi connectivity index (χ3v) is 4.62. The number of fused-ring (bicyclic) bond motifs is 1. The second-order valence-corrected chi connectivity index (χ2v) is 6.16. The Labute approximate surface area is 153 Å². The third kappa shape index (κ3) is 3.21. The van der Waals surface area contributed by atoms with Gasteiger partial charge < -0.3 is 25.7 Å². The second-order valence-electron chi connectivity index (χ2n) is 6.16. The van der Waals surface area contributed by atoms with Crippen molar-refractivity contribution in [1.29, 1.82) is 0 Å². The number of oxime groups is 1. The van der Waals surface area contributed by atoms with Gasteiger partial charge in [-0.2, -0.15) is 0 Å². The molecule has 3 rings (SSSR count). The van der Waals surface area contributed by atoms with Gasteiger partial charge in [0, 0.05) is 50.2 Å². The van der Waals surface area contributed by atoms with Crippen LogP contribution >= 0.6 is 0 Å². The van der Waals surface area contributed by atoms with Gasteiger partial charge in [0.15, 0.2) is 5.84 Å². The average Bonchev–Trinajstić information content (AvgIpc) is 3.12. The van der Waals surface area contributed by atoms with Crippen molar-refractivity contribution in [3.8, 4) is 0 Å². The highest BCUT2D eigenvalue weighted by Crippen LogP contribution is 2.26. The number of carbonyl (C=O) groups is 3. The monoisotopic (exact) mass is 375 g/mol. The highest BCUT2D eigenvalue weighted by molar-refractivity contribution is 6.45. The van der Waals surface area contributed by atoms with E-state index < -0.39 is 17.5 Å². The molecule has 1 aromatic heterocycles. The zero-order valence-corrected chi connectivity index (χ0v) is 14.5. The first kappa shape index (κ1) is 18.4. The van der Waals surface area contributed by atoms with Crippen molar-refractivity contribution >= 4 is 34.3 Å². The largest absolute Gasteiger partial charge is 0.409 e. The lowest BCUT2D eigenvalue weighted by atomic mass is 10.0. The number of piperazine rings is 1. The fourth-order valence-electron chi connectivity index (χ4n) is 3.14. The molecule has 142 valence electrons. The summed E-state index contributed by atoms with van der Waals surface area (Å²) in [5.74, 6) is -2.70. The Kier molecular flexibility index (Phi) is 4.80. The number of Topliss-reactive ketones (excluding diaryl/α,β-unsaturated/α-hetero) is 1. The van der Waals surface area contributed by atoms with Crippen LogP contribution in [-0.4, -0.2) is 69.6 Å².